The molecule has 1 aromatic carbocycles. The van der Waals surface area contributed by atoms with E-state index in [0.717, 1.165) is 0 Å². The minimum absolute atomic E-state index is 0.0298. The Morgan fingerprint density at radius 3 is 2.52 bits per heavy atom. The minimum Gasteiger partial charge on any atom is -0.454 e. The van der Waals surface area contributed by atoms with Crippen LogP contribution in [0, 0.1) is 0 Å². The lowest BCUT2D eigenvalue weighted by molar-refractivity contribution is -0.124. The molecule has 0 aliphatic carbocycles. The average Bonchev–Trinajstić information content (AvgIpc) is 2.92. The number of hydrogen-bond donors (Lipinski definition) is 3. The highest BCUT2D eigenvalue weighted by atomic mass is 16.7. The number of ether oxygens (including phenoxy) is 2. The lowest BCUT2D eigenvalue weighted by Gasteiger charge is -2.17. The number of imide groups is 1. The van der Waals surface area contributed by atoms with E-state index in [9.17, 15) is 14.4 Å². The maximum atomic E-state index is 11.9. The highest BCUT2D eigenvalue weighted by molar-refractivity contribution is 6.02. The van der Waals surface area contributed by atoms with Gasteiger partial charge in [0.2, 0.25) is 18.6 Å². The molecule has 2 rings (SSSR count). The Hall–Kier alpha value is -2.81. The molecule has 0 aromatic heterocycles. The number of nitrogens with one attached hydrogen (secondary N) is 3. The Kier molecular flexibility index (Phi) is 6.18. The summed E-state index contributed by atoms with van der Waals surface area (Å²) in [7, 11) is 1.62. The predicted octanol–water partition coefficient (Wildman–Crippen LogP) is 0.520. The molecule has 0 saturated carbocycles. The first-order valence-corrected chi connectivity index (χ1v) is 7.82. The molecule has 25 heavy (non-hydrogen) atoms. The number of rotatable bonds is 6. The summed E-state index contributed by atoms with van der Waals surface area (Å²) >= 11 is 0. The molecule has 9 heteroatoms. The van der Waals surface area contributed by atoms with Crippen LogP contribution in [-0.2, 0) is 9.59 Å². The van der Waals surface area contributed by atoms with Crippen LogP contribution in [0.25, 0.3) is 0 Å². The highest BCUT2D eigenvalue weighted by Crippen LogP contribution is 2.34. The summed E-state index contributed by atoms with van der Waals surface area (Å²) in [5.41, 5.74) is 0.471. The van der Waals surface area contributed by atoms with Crippen LogP contribution in [0.5, 0.6) is 11.5 Å². The van der Waals surface area contributed by atoms with Gasteiger partial charge < -0.3 is 20.1 Å². The fraction of sp³-hybridized carbons (Fsp3) is 0.438. The van der Waals surface area contributed by atoms with E-state index in [1.807, 2.05) is 13.8 Å². The first-order valence-electron chi connectivity index (χ1n) is 7.82. The molecule has 0 radical (unpaired) electrons. The Labute approximate surface area is 145 Å². The molecule has 1 aliphatic heterocycles. The first-order chi connectivity index (χ1) is 11.8. The van der Waals surface area contributed by atoms with Crippen molar-refractivity contribution in [2.24, 2.45) is 0 Å². The fourth-order valence-electron chi connectivity index (χ4n) is 2.22. The highest BCUT2D eigenvalue weighted by Gasteiger charge is 2.16. The second-order valence-corrected chi connectivity index (χ2v) is 5.96. The average molecular weight is 350 g/mol. The van der Waals surface area contributed by atoms with Crippen molar-refractivity contribution in [1.82, 2.24) is 15.5 Å². The van der Waals surface area contributed by atoms with Gasteiger partial charge in [0, 0.05) is 17.8 Å². The molecule has 0 fully saturated rings. The van der Waals surface area contributed by atoms with E-state index in [1.54, 1.807) is 25.2 Å². The molecule has 4 amide bonds. The summed E-state index contributed by atoms with van der Waals surface area (Å²) in [6.07, 6.45) is 0. The van der Waals surface area contributed by atoms with Gasteiger partial charge in [-0.3, -0.25) is 19.8 Å². The van der Waals surface area contributed by atoms with E-state index in [2.05, 4.69) is 16.0 Å². The van der Waals surface area contributed by atoms with Gasteiger partial charge in [-0.15, -0.1) is 0 Å². The Morgan fingerprint density at radius 2 is 1.80 bits per heavy atom. The van der Waals surface area contributed by atoms with Crippen molar-refractivity contribution in [3.63, 3.8) is 0 Å². The number of likely N-dealkylation sites (N-methyl/N-ethyl adjacent to an activating group) is 1. The summed E-state index contributed by atoms with van der Waals surface area (Å²) in [6, 6.07) is 4.28. The predicted molar refractivity (Wildman–Crippen MR) is 90.5 cm³/mol. The van der Waals surface area contributed by atoms with E-state index in [1.165, 1.54) is 4.90 Å². The molecule has 136 valence electrons. The molecule has 0 bridgehead atoms. The van der Waals surface area contributed by atoms with Crippen LogP contribution in [0.2, 0.25) is 0 Å². The zero-order chi connectivity index (χ0) is 18.4. The van der Waals surface area contributed by atoms with E-state index < -0.39 is 11.9 Å². The van der Waals surface area contributed by atoms with Gasteiger partial charge in [0.05, 0.1) is 13.1 Å². The van der Waals surface area contributed by atoms with Crippen molar-refractivity contribution in [2.45, 2.75) is 19.9 Å². The van der Waals surface area contributed by atoms with Gasteiger partial charge in [0.1, 0.15) is 0 Å². The number of hydrogen-bond acceptors (Lipinski definition) is 6. The van der Waals surface area contributed by atoms with Crippen molar-refractivity contribution in [3.05, 3.63) is 18.2 Å². The van der Waals surface area contributed by atoms with Crippen LogP contribution >= 0.6 is 0 Å². The van der Waals surface area contributed by atoms with Gasteiger partial charge >= 0.3 is 6.03 Å². The summed E-state index contributed by atoms with van der Waals surface area (Å²) in [5, 5.41) is 7.47. The quantitative estimate of drug-likeness (QED) is 0.690. The van der Waals surface area contributed by atoms with Crippen LogP contribution in [0.1, 0.15) is 13.8 Å². The summed E-state index contributed by atoms with van der Waals surface area (Å²) in [6.45, 7) is 3.83. The fourth-order valence-corrected chi connectivity index (χ4v) is 2.22. The second-order valence-electron chi connectivity index (χ2n) is 5.96. The maximum Gasteiger partial charge on any atom is 0.325 e. The van der Waals surface area contributed by atoms with Crippen molar-refractivity contribution in [3.8, 4) is 11.5 Å². The third-order valence-corrected chi connectivity index (χ3v) is 3.16. The first kappa shape index (κ1) is 18.5. The van der Waals surface area contributed by atoms with Gasteiger partial charge in [-0.1, -0.05) is 0 Å². The topological polar surface area (TPSA) is 109 Å². The second kappa shape index (κ2) is 8.34. The Morgan fingerprint density at radius 1 is 1.12 bits per heavy atom. The number of nitrogens with zero attached hydrogens (tertiary/aromatic N) is 1. The van der Waals surface area contributed by atoms with Gasteiger partial charge in [-0.25, -0.2) is 4.79 Å². The van der Waals surface area contributed by atoms with E-state index in [-0.39, 0.29) is 31.8 Å². The largest absolute Gasteiger partial charge is 0.454 e. The van der Waals surface area contributed by atoms with Crippen LogP contribution in [0.3, 0.4) is 0 Å². The molecule has 3 N–H and O–H groups in total. The number of urea groups is 1. The standard InChI is InChI=1S/C16H22N4O5/c1-10(2)17-14(21)7-20(3)8-15(22)19-16(23)18-11-4-5-12-13(6-11)25-9-24-12/h4-6,10H,7-9H2,1-3H3,(H,17,21)(H2,18,19,22,23). The number of benzene rings is 1. The number of anilines is 1. The summed E-state index contributed by atoms with van der Waals surface area (Å²) in [4.78, 5) is 36.8. The normalized spacial score (nSPS) is 12.2. The molecule has 0 spiro atoms. The minimum atomic E-state index is -0.663. The molecular weight excluding hydrogens is 328 g/mol. The van der Waals surface area contributed by atoms with Crippen LogP contribution in [0.4, 0.5) is 10.5 Å². The maximum absolute atomic E-state index is 11.9. The van der Waals surface area contributed by atoms with Crippen molar-refractivity contribution >= 4 is 23.5 Å². The number of fused-ring (bicyclic) bond motifs is 1. The zero-order valence-electron chi connectivity index (χ0n) is 14.4. The van der Waals surface area contributed by atoms with Crippen molar-refractivity contribution in [2.75, 3.05) is 32.2 Å². The van der Waals surface area contributed by atoms with Crippen LogP contribution in [-0.4, -0.2) is 55.7 Å². The van der Waals surface area contributed by atoms with Crippen molar-refractivity contribution < 1.29 is 23.9 Å². The molecule has 1 aromatic rings. The number of carbonyl (C=O) groups excluding carboxylic acids is 3. The van der Waals surface area contributed by atoms with Gasteiger partial charge in [0.15, 0.2) is 11.5 Å². The Bertz CT molecular complexity index is 662. The monoisotopic (exact) mass is 350 g/mol. The van der Waals surface area contributed by atoms with Crippen molar-refractivity contribution in [1.29, 1.82) is 0 Å². The number of amides is 4. The summed E-state index contributed by atoms with van der Waals surface area (Å²) in [5.74, 6) is 0.427. The van der Waals surface area contributed by atoms with E-state index >= 15 is 0 Å². The molecular formula is C16H22N4O5. The van der Waals surface area contributed by atoms with Crippen LogP contribution < -0.4 is 25.4 Å². The molecule has 0 unspecified atom stereocenters. The molecule has 0 saturated heterocycles. The molecule has 1 aliphatic rings. The third-order valence-electron chi connectivity index (χ3n) is 3.16. The number of carbonyl (C=O) groups is 3. The van der Waals surface area contributed by atoms with E-state index in [0.29, 0.717) is 17.2 Å². The third kappa shape index (κ3) is 5.96. The van der Waals surface area contributed by atoms with E-state index in [4.69, 9.17) is 9.47 Å². The lowest BCUT2D eigenvalue weighted by Crippen LogP contribution is -2.44. The smallest absolute Gasteiger partial charge is 0.325 e. The molecule has 1 heterocycles. The van der Waals surface area contributed by atoms with Crippen LogP contribution in [0.15, 0.2) is 18.2 Å². The Balaban J connectivity index is 1.76. The van der Waals surface area contributed by atoms with Gasteiger partial charge in [-0.05, 0) is 33.0 Å². The molecule has 0 atom stereocenters. The van der Waals surface area contributed by atoms with Gasteiger partial charge in [-0.2, -0.15) is 0 Å². The molecule has 9 nitrogen and oxygen atoms in total. The van der Waals surface area contributed by atoms with Gasteiger partial charge in [0.25, 0.3) is 0 Å². The SMILES string of the molecule is CC(C)NC(=O)CN(C)CC(=O)NC(=O)Nc1ccc2c(c1)OCO2. The lowest BCUT2D eigenvalue weighted by atomic mass is 10.3. The summed E-state index contributed by atoms with van der Waals surface area (Å²) < 4.78 is 10.4. The zero-order valence-corrected chi connectivity index (χ0v) is 14.4.